The van der Waals surface area contributed by atoms with Crippen molar-refractivity contribution in [2.24, 2.45) is 10.9 Å². The molecule has 0 amide bonds. The first kappa shape index (κ1) is 49.7. The molecule has 16 heteroatoms. The first-order valence-electron chi connectivity index (χ1n) is 19.4. The number of benzene rings is 3. The molecule has 14 nitrogen and oxygen atoms in total. The van der Waals surface area contributed by atoms with Gasteiger partial charge in [-0.25, -0.2) is 9.98 Å². The van der Waals surface area contributed by atoms with Crippen LogP contribution in [0.5, 0.6) is 11.5 Å². The van der Waals surface area contributed by atoms with Gasteiger partial charge < -0.3 is 46.7 Å². The topological polar surface area (TPSA) is 158 Å². The van der Waals surface area contributed by atoms with E-state index in [1.54, 1.807) is 36.4 Å². The Hall–Kier alpha value is -4.67. The van der Waals surface area contributed by atoms with Crippen molar-refractivity contribution < 1.29 is 44.5 Å². The van der Waals surface area contributed by atoms with Crippen LogP contribution in [0.2, 0.25) is 0 Å². The van der Waals surface area contributed by atoms with Crippen LogP contribution < -0.4 is 15.0 Å². The predicted octanol–water partition coefficient (Wildman–Crippen LogP) is 8.18. The summed E-state index contributed by atoms with van der Waals surface area (Å²) in [5, 5.41) is 9.01. The molecule has 3 aromatic carbocycles. The van der Waals surface area contributed by atoms with Gasteiger partial charge in [-0.1, -0.05) is 75.4 Å². The molecule has 1 fully saturated rings. The van der Waals surface area contributed by atoms with Gasteiger partial charge in [0, 0.05) is 20.0 Å². The van der Waals surface area contributed by atoms with Crippen LogP contribution in [0.3, 0.4) is 0 Å². The quantitative estimate of drug-likeness (QED) is 0.0194. The standard InChI is InChI=1S/C38H42N7O7P.2C3H7.Ni/c1-25-33(52-53-50-21-9-20-39)31(51-36(25)45-24-40-32-34(45)42-37(43-35(32)46)41-23-44(2)3)22-49-38(26-10-7-6-8-11-26,27-12-16-29(47-4)17-13-27)28-14-18-30(48-5)19-15-28;2*1-3-2;/h6-8,10-19,23-25,31,33,36,53H,9,21-22H2,1-5H3,(H,42,43,46);2*1,3H2,2H3;/q;2*-1;+2/t25-,31+,33?,36+;;;/m0.../s1. The Balaban J connectivity index is 0.00000130. The number of aromatic amines is 1. The van der Waals surface area contributed by atoms with Crippen molar-refractivity contribution in [3.63, 3.8) is 0 Å². The Morgan fingerprint density at radius 2 is 1.55 bits per heavy atom. The number of ether oxygens (including phenoxy) is 4. The van der Waals surface area contributed by atoms with Gasteiger partial charge in [0.1, 0.15) is 29.4 Å². The molecular weight excluding hydrogens is 828 g/mol. The number of fused-ring (bicyclic) bond motifs is 1. The number of nitrogens with one attached hydrogen (secondary N) is 1. The molecule has 0 saturated carbocycles. The van der Waals surface area contributed by atoms with Gasteiger partial charge in [0.2, 0.25) is 5.95 Å². The van der Waals surface area contributed by atoms with Gasteiger partial charge in [0.15, 0.2) is 20.2 Å². The average molecular weight is 885 g/mol. The third-order valence-corrected chi connectivity index (χ3v) is 9.64. The fraction of sp³-hybridized carbons (Fsp3) is 0.386. The van der Waals surface area contributed by atoms with Gasteiger partial charge in [0.05, 0.1) is 58.7 Å². The van der Waals surface area contributed by atoms with E-state index in [1.807, 2.05) is 114 Å². The van der Waals surface area contributed by atoms with E-state index in [0.717, 1.165) is 29.5 Å². The van der Waals surface area contributed by atoms with Crippen LogP contribution in [-0.4, -0.2) is 84.5 Å². The van der Waals surface area contributed by atoms with Gasteiger partial charge in [-0.15, -0.1) is 0 Å². The summed E-state index contributed by atoms with van der Waals surface area (Å²) >= 11 is 0. The Bertz CT molecular complexity index is 2080. The summed E-state index contributed by atoms with van der Waals surface area (Å²) in [4.78, 5) is 30.7. The zero-order valence-electron chi connectivity index (χ0n) is 35.3. The van der Waals surface area contributed by atoms with Crippen LogP contribution in [0.1, 0.15) is 63.0 Å². The maximum atomic E-state index is 13.0. The number of methoxy groups -OCH3 is 2. The number of rotatable bonds is 16. The summed E-state index contributed by atoms with van der Waals surface area (Å²) < 4.78 is 38.8. The van der Waals surface area contributed by atoms with E-state index >= 15 is 0 Å². The third kappa shape index (κ3) is 12.4. The Morgan fingerprint density at radius 1 is 0.983 bits per heavy atom. The minimum absolute atomic E-state index is 0. The number of hydrogen-bond acceptors (Lipinski definition) is 11. The monoisotopic (exact) mass is 883 g/mol. The molecular formula is C44H56N7NiO7P. The van der Waals surface area contributed by atoms with Crippen molar-refractivity contribution in [3.05, 3.63) is 126 Å². The fourth-order valence-electron chi connectivity index (χ4n) is 6.36. The molecule has 0 bridgehead atoms. The van der Waals surface area contributed by atoms with E-state index in [9.17, 15) is 4.79 Å². The summed E-state index contributed by atoms with van der Waals surface area (Å²) in [7, 11) is 6.55. The summed E-state index contributed by atoms with van der Waals surface area (Å²) in [5.41, 5.74) is 1.59. The number of aromatic nitrogens is 4. The van der Waals surface area contributed by atoms with E-state index in [4.69, 9.17) is 33.3 Å². The number of nitrogens with zero attached hydrogens (tertiary/aromatic N) is 6. The van der Waals surface area contributed by atoms with Crippen molar-refractivity contribution >= 4 is 32.5 Å². The Labute approximate surface area is 365 Å². The molecule has 1 aliphatic rings. The van der Waals surface area contributed by atoms with E-state index in [0.29, 0.717) is 17.1 Å². The van der Waals surface area contributed by atoms with Crippen LogP contribution in [0.4, 0.5) is 5.95 Å². The van der Waals surface area contributed by atoms with Crippen LogP contribution in [-0.2, 0) is 40.6 Å². The van der Waals surface area contributed by atoms with Crippen molar-refractivity contribution in [1.82, 2.24) is 24.4 Å². The number of aliphatic imine (C=N–C) groups is 1. The SMILES string of the molecule is COc1ccc(C(OC[C@H]2O[C@@H](n3cnc4c(=O)[nH]c(N=CN(C)C)nc43)[C@@H](C)C2OPOCCC#N)(c2ccccc2)c2ccc(OC)cc2)cc1.[CH2-]CC.[CH2-]CC.[Ni+2]. The molecule has 1 saturated heterocycles. The van der Waals surface area contributed by atoms with Crippen LogP contribution in [0, 0.1) is 31.1 Å². The van der Waals surface area contributed by atoms with E-state index in [-0.39, 0.29) is 62.5 Å². The number of H-pyrrole nitrogens is 1. The van der Waals surface area contributed by atoms with Crippen LogP contribution >= 0.6 is 9.03 Å². The second-order valence-electron chi connectivity index (χ2n) is 13.6. The number of imidazole rings is 1. The molecule has 2 aromatic heterocycles. The van der Waals surface area contributed by atoms with Crippen molar-refractivity contribution in [1.29, 1.82) is 5.26 Å². The van der Waals surface area contributed by atoms with Gasteiger partial charge in [-0.05, 0) is 41.0 Å². The summed E-state index contributed by atoms with van der Waals surface area (Å²) in [6.07, 6.45) is 3.55. The first-order valence-corrected chi connectivity index (χ1v) is 20.2. The molecule has 6 rings (SSSR count). The van der Waals surface area contributed by atoms with Crippen molar-refractivity contribution in [2.45, 2.75) is 64.1 Å². The van der Waals surface area contributed by atoms with Gasteiger partial charge in [-0.2, -0.15) is 23.1 Å². The second-order valence-corrected chi connectivity index (χ2v) is 14.3. The molecule has 5 atom stereocenters. The maximum Gasteiger partial charge on any atom is 2.00 e. The zero-order valence-corrected chi connectivity index (χ0v) is 37.3. The van der Waals surface area contributed by atoms with Gasteiger partial charge in [0.25, 0.3) is 5.56 Å². The van der Waals surface area contributed by atoms with E-state index in [1.165, 1.54) is 0 Å². The minimum Gasteiger partial charge on any atom is -0.497 e. The fourth-order valence-corrected chi connectivity index (χ4v) is 7.09. The molecule has 324 valence electrons. The van der Waals surface area contributed by atoms with E-state index in [2.05, 4.69) is 39.9 Å². The molecule has 60 heavy (non-hydrogen) atoms. The van der Waals surface area contributed by atoms with Crippen LogP contribution in [0.25, 0.3) is 11.2 Å². The molecule has 0 radical (unpaired) electrons. The van der Waals surface area contributed by atoms with Gasteiger partial charge >= 0.3 is 16.5 Å². The molecule has 1 aliphatic heterocycles. The molecule has 2 unspecified atom stereocenters. The normalized spacial score (nSPS) is 17.3. The van der Waals surface area contributed by atoms with Gasteiger partial charge in [-0.3, -0.25) is 14.3 Å². The number of hydrogen-bond donors (Lipinski definition) is 1. The largest absolute Gasteiger partial charge is 2.00 e. The maximum absolute atomic E-state index is 13.0. The van der Waals surface area contributed by atoms with Crippen molar-refractivity contribution in [3.8, 4) is 17.6 Å². The Kier molecular flexibility index (Phi) is 20.9. The number of nitriles is 1. The molecule has 5 aromatic rings. The second kappa shape index (κ2) is 25.2. The summed E-state index contributed by atoms with van der Waals surface area (Å²) in [6, 6.07) is 27.7. The summed E-state index contributed by atoms with van der Waals surface area (Å²) in [5.74, 6) is 1.27. The zero-order chi connectivity index (χ0) is 42.8. The summed E-state index contributed by atoms with van der Waals surface area (Å²) in [6.45, 7) is 13.3. The third-order valence-electron chi connectivity index (χ3n) is 8.95. The Morgan fingerprint density at radius 3 is 2.08 bits per heavy atom. The molecule has 0 spiro atoms. The predicted molar refractivity (Wildman–Crippen MR) is 232 cm³/mol. The smallest absolute Gasteiger partial charge is 0.497 e. The molecule has 1 N–H and O–H groups in total. The first-order chi connectivity index (χ1) is 28.6. The molecule has 0 aliphatic carbocycles. The van der Waals surface area contributed by atoms with Crippen molar-refractivity contribution in [2.75, 3.05) is 41.5 Å². The van der Waals surface area contributed by atoms with E-state index < -0.39 is 29.6 Å². The minimum atomic E-state index is -1.10. The molecule has 3 heterocycles. The average Bonchev–Trinajstić information content (AvgIpc) is 3.81. The van der Waals surface area contributed by atoms with Crippen LogP contribution in [0.15, 0.2) is 95.0 Å².